The van der Waals surface area contributed by atoms with Crippen LogP contribution in [0.1, 0.15) is 12.5 Å². The lowest BCUT2D eigenvalue weighted by atomic mass is 9.97. The van der Waals surface area contributed by atoms with Crippen LogP contribution < -0.4 is 10.6 Å². The van der Waals surface area contributed by atoms with Gasteiger partial charge in [-0.05, 0) is 49.7 Å². The Balaban J connectivity index is 1.45. The number of anilines is 2. The molecule has 7 nitrogen and oxygen atoms in total. The number of benzene rings is 2. The Labute approximate surface area is 191 Å². The van der Waals surface area contributed by atoms with E-state index in [1.54, 1.807) is 0 Å². The summed E-state index contributed by atoms with van der Waals surface area (Å²) >= 11 is 0. The number of aromatic nitrogens is 4. The van der Waals surface area contributed by atoms with Gasteiger partial charge >= 0.3 is 6.03 Å². The highest BCUT2D eigenvalue weighted by Gasteiger charge is 2.18. The van der Waals surface area contributed by atoms with Crippen LogP contribution in [0.25, 0.3) is 33.4 Å². The number of nitrogens with zero attached hydrogens (tertiary/aromatic N) is 3. The van der Waals surface area contributed by atoms with Crippen molar-refractivity contribution in [1.29, 1.82) is 0 Å². The molecule has 0 fully saturated rings. The molecule has 5 rings (SSSR count). The largest absolute Gasteiger partial charge is 0.346 e. The molecule has 0 aliphatic heterocycles. The maximum absolute atomic E-state index is 12.3. The number of para-hydroxylation sites is 1. The van der Waals surface area contributed by atoms with Crippen LogP contribution in [0.15, 0.2) is 79.3 Å². The molecule has 0 aliphatic carbocycles. The maximum Gasteiger partial charge on any atom is 0.323 e. The summed E-state index contributed by atoms with van der Waals surface area (Å²) < 4.78 is 1.95. The second kappa shape index (κ2) is 8.63. The molecule has 2 aromatic carbocycles. The first-order chi connectivity index (χ1) is 16.1. The minimum absolute atomic E-state index is 0.285. The van der Waals surface area contributed by atoms with E-state index in [0.29, 0.717) is 5.69 Å². The smallest absolute Gasteiger partial charge is 0.323 e. The van der Waals surface area contributed by atoms with Crippen LogP contribution in [0.5, 0.6) is 0 Å². The van der Waals surface area contributed by atoms with Gasteiger partial charge in [-0.25, -0.2) is 9.78 Å². The molecule has 0 saturated carbocycles. The molecule has 0 unspecified atom stereocenters. The number of pyridine rings is 1. The average molecular weight is 437 g/mol. The third kappa shape index (κ3) is 4.08. The number of carbonyl (C=O) groups is 1. The molecule has 3 heterocycles. The topological polar surface area (TPSA) is 87.6 Å². The van der Waals surface area contributed by atoms with E-state index in [9.17, 15) is 4.79 Å². The number of nitrogens with one attached hydrogen (secondary N) is 3. The van der Waals surface area contributed by atoms with Gasteiger partial charge in [0.2, 0.25) is 0 Å². The van der Waals surface area contributed by atoms with E-state index in [-0.39, 0.29) is 6.03 Å². The Hall–Kier alpha value is -4.39. The Morgan fingerprint density at radius 3 is 2.45 bits per heavy atom. The molecule has 2 amide bonds. The molecule has 7 heteroatoms. The van der Waals surface area contributed by atoms with Crippen LogP contribution in [-0.2, 0) is 6.54 Å². The van der Waals surface area contributed by atoms with Crippen LogP contribution in [0.3, 0.4) is 0 Å². The van der Waals surface area contributed by atoms with Gasteiger partial charge in [0, 0.05) is 58.6 Å². The second-order valence-corrected chi connectivity index (χ2v) is 7.83. The van der Waals surface area contributed by atoms with Crippen LogP contribution in [0.4, 0.5) is 16.2 Å². The highest BCUT2D eigenvalue weighted by atomic mass is 16.2. The molecule has 0 bridgehead atoms. The van der Waals surface area contributed by atoms with Gasteiger partial charge in [-0.15, -0.1) is 0 Å². The minimum Gasteiger partial charge on any atom is -0.346 e. The van der Waals surface area contributed by atoms with E-state index < -0.39 is 0 Å². The van der Waals surface area contributed by atoms with E-state index in [4.69, 9.17) is 5.10 Å². The summed E-state index contributed by atoms with van der Waals surface area (Å²) in [6, 6.07) is 18.9. The van der Waals surface area contributed by atoms with Crippen LogP contribution >= 0.6 is 0 Å². The minimum atomic E-state index is -0.285. The van der Waals surface area contributed by atoms with Gasteiger partial charge in [0.15, 0.2) is 0 Å². The highest BCUT2D eigenvalue weighted by molar-refractivity contribution is 6.00. The van der Waals surface area contributed by atoms with Gasteiger partial charge in [0.25, 0.3) is 0 Å². The van der Waals surface area contributed by atoms with E-state index in [1.807, 2.05) is 71.7 Å². The van der Waals surface area contributed by atoms with Gasteiger partial charge in [-0.2, -0.15) is 5.10 Å². The first-order valence-electron chi connectivity index (χ1n) is 10.9. The van der Waals surface area contributed by atoms with Crippen molar-refractivity contribution in [3.63, 3.8) is 0 Å². The summed E-state index contributed by atoms with van der Waals surface area (Å²) in [5, 5.41) is 11.6. The fraction of sp³-hybridized carbons (Fsp3) is 0.115. The summed E-state index contributed by atoms with van der Waals surface area (Å²) in [6.07, 6.45) is 5.88. The number of aromatic amines is 1. The van der Waals surface area contributed by atoms with Gasteiger partial charge in [-0.3, -0.25) is 4.68 Å². The number of hydrogen-bond acceptors (Lipinski definition) is 3. The lowest BCUT2D eigenvalue weighted by molar-refractivity contribution is 0.262. The molecular weight excluding hydrogens is 412 g/mol. The van der Waals surface area contributed by atoms with E-state index in [2.05, 4.69) is 46.7 Å². The zero-order valence-corrected chi connectivity index (χ0v) is 18.5. The molecule has 3 N–H and O–H groups in total. The predicted octanol–water partition coefficient (Wildman–Crippen LogP) is 6.07. The first-order valence-corrected chi connectivity index (χ1v) is 10.9. The Morgan fingerprint density at radius 1 is 1.00 bits per heavy atom. The number of fused-ring (bicyclic) bond motifs is 1. The SMILES string of the molecule is CCn1cc(-c2c(C)cnc3[nH]ccc23)c(-c2ccc(NC(=O)Nc3ccccc3)cc2)n1. The molecule has 0 saturated heterocycles. The number of urea groups is 1. The number of H-pyrrole nitrogens is 1. The lowest BCUT2D eigenvalue weighted by Crippen LogP contribution is -2.19. The normalized spacial score (nSPS) is 11.0. The van der Waals surface area contributed by atoms with Gasteiger partial charge in [0.1, 0.15) is 11.3 Å². The van der Waals surface area contributed by atoms with Crippen molar-refractivity contribution in [3.05, 3.63) is 84.8 Å². The van der Waals surface area contributed by atoms with Crippen LogP contribution in [0.2, 0.25) is 0 Å². The fourth-order valence-corrected chi connectivity index (χ4v) is 3.97. The molecule has 0 spiro atoms. The summed E-state index contributed by atoms with van der Waals surface area (Å²) in [4.78, 5) is 20.0. The lowest BCUT2D eigenvalue weighted by Gasteiger charge is -2.10. The van der Waals surface area contributed by atoms with Crippen LogP contribution in [-0.4, -0.2) is 25.8 Å². The van der Waals surface area contributed by atoms with Crippen molar-refractivity contribution in [2.24, 2.45) is 0 Å². The third-order valence-electron chi connectivity index (χ3n) is 5.58. The van der Waals surface area contributed by atoms with Gasteiger partial charge in [0.05, 0.1) is 0 Å². The number of rotatable bonds is 5. The van der Waals surface area contributed by atoms with E-state index in [0.717, 1.165) is 51.2 Å². The van der Waals surface area contributed by atoms with Crippen molar-refractivity contribution < 1.29 is 4.79 Å². The zero-order chi connectivity index (χ0) is 22.8. The van der Waals surface area contributed by atoms with E-state index in [1.165, 1.54) is 0 Å². The number of amides is 2. The fourth-order valence-electron chi connectivity index (χ4n) is 3.97. The Bertz CT molecular complexity index is 1420. The average Bonchev–Trinajstić information content (AvgIpc) is 3.47. The molecule has 3 aromatic heterocycles. The van der Waals surface area contributed by atoms with Crippen molar-refractivity contribution in [3.8, 4) is 22.4 Å². The highest BCUT2D eigenvalue weighted by Crippen LogP contribution is 2.37. The van der Waals surface area contributed by atoms with Crippen molar-refractivity contribution >= 4 is 28.4 Å². The molecule has 0 radical (unpaired) electrons. The van der Waals surface area contributed by atoms with Gasteiger partial charge in [-0.1, -0.05) is 30.3 Å². The first kappa shape index (κ1) is 20.5. The standard InChI is InChI=1S/C26H24N6O/c1-3-32-16-22(23-17(2)15-28-25-21(23)13-14-27-25)24(31-32)18-9-11-20(12-10-18)30-26(33)29-19-7-5-4-6-8-19/h4-16H,3H2,1-2H3,(H,27,28)(H2,29,30,33). The third-order valence-corrected chi connectivity index (χ3v) is 5.58. The summed E-state index contributed by atoms with van der Waals surface area (Å²) in [6.45, 7) is 4.91. The summed E-state index contributed by atoms with van der Waals surface area (Å²) in [7, 11) is 0. The number of carbonyl (C=O) groups excluding carboxylic acids is 1. The van der Waals surface area contributed by atoms with Crippen molar-refractivity contribution in [1.82, 2.24) is 19.7 Å². The predicted molar refractivity (Wildman–Crippen MR) is 132 cm³/mol. The monoisotopic (exact) mass is 436 g/mol. The van der Waals surface area contributed by atoms with Gasteiger partial charge < -0.3 is 15.6 Å². The maximum atomic E-state index is 12.3. The Kier molecular flexibility index (Phi) is 5.36. The number of aryl methyl sites for hydroxylation is 2. The quantitative estimate of drug-likeness (QED) is 0.313. The number of hydrogen-bond donors (Lipinski definition) is 3. The molecule has 33 heavy (non-hydrogen) atoms. The molecular formula is C26H24N6O. The molecule has 0 aliphatic rings. The summed E-state index contributed by atoms with van der Waals surface area (Å²) in [5.41, 5.74) is 7.45. The van der Waals surface area contributed by atoms with Crippen molar-refractivity contribution in [2.75, 3.05) is 10.6 Å². The Morgan fingerprint density at radius 2 is 1.73 bits per heavy atom. The van der Waals surface area contributed by atoms with Crippen molar-refractivity contribution in [2.45, 2.75) is 20.4 Å². The van der Waals surface area contributed by atoms with E-state index >= 15 is 0 Å². The summed E-state index contributed by atoms with van der Waals surface area (Å²) in [5.74, 6) is 0. The molecule has 164 valence electrons. The molecule has 5 aromatic rings. The zero-order valence-electron chi connectivity index (χ0n) is 18.5. The second-order valence-electron chi connectivity index (χ2n) is 7.83. The van der Waals surface area contributed by atoms with Crippen LogP contribution in [0, 0.1) is 6.92 Å². The molecule has 0 atom stereocenters.